The van der Waals surface area contributed by atoms with E-state index in [1.54, 1.807) is 0 Å². The Morgan fingerprint density at radius 3 is 2.33 bits per heavy atom. The second-order valence-corrected chi connectivity index (χ2v) is 3.99. The Hall–Kier alpha value is -1.22. The first-order valence-electron chi connectivity index (χ1n) is 5.38. The monoisotopic (exact) mass is 206 g/mol. The van der Waals surface area contributed by atoms with Crippen molar-refractivity contribution in [1.82, 2.24) is 9.80 Å². The van der Waals surface area contributed by atoms with Crippen molar-refractivity contribution < 1.29 is 4.74 Å². The van der Waals surface area contributed by atoms with E-state index in [-0.39, 0.29) is 0 Å². The van der Waals surface area contributed by atoms with Gasteiger partial charge in [-0.25, -0.2) is 0 Å². The van der Waals surface area contributed by atoms with Crippen LogP contribution in [0.2, 0.25) is 0 Å². The first-order valence-corrected chi connectivity index (χ1v) is 5.38. The summed E-state index contributed by atoms with van der Waals surface area (Å²) in [6.45, 7) is 3.63. The third kappa shape index (κ3) is 2.23. The average molecular weight is 206 g/mol. The summed E-state index contributed by atoms with van der Waals surface area (Å²) in [5, 5.41) is 0. The number of ether oxygens (including phenoxy) is 1. The molecule has 0 atom stereocenters. The van der Waals surface area contributed by atoms with Crippen LogP contribution >= 0.6 is 0 Å². The van der Waals surface area contributed by atoms with Crippen LogP contribution in [0, 0.1) is 0 Å². The van der Waals surface area contributed by atoms with Gasteiger partial charge >= 0.3 is 0 Å². The zero-order chi connectivity index (χ0) is 10.7. The third-order valence-electron chi connectivity index (χ3n) is 2.66. The van der Waals surface area contributed by atoms with Crippen LogP contribution in [0.15, 0.2) is 35.7 Å². The summed E-state index contributed by atoms with van der Waals surface area (Å²) < 4.78 is 5.37. The highest BCUT2D eigenvalue weighted by Crippen LogP contribution is 2.19. The van der Waals surface area contributed by atoms with Crippen LogP contribution in [-0.4, -0.2) is 50.2 Å². The molecule has 0 saturated carbocycles. The van der Waals surface area contributed by atoms with Gasteiger partial charge in [-0.3, -0.25) is 0 Å². The molecule has 0 N–H and O–H groups in total. The summed E-state index contributed by atoms with van der Waals surface area (Å²) in [4.78, 5) is 4.57. The van der Waals surface area contributed by atoms with E-state index in [0.29, 0.717) is 0 Å². The van der Waals surface area contributed by atoms with Crippen LogP contribution in [0.3, 0.4) is 0 Å². The summed E-state index contributed by atoms with van der Waals surface area (Å²) in [5.41, 5.74) is 1.29. The van der Waals surface area contributed by atoms with E-state index in [0.717, 1.165) is 26.3 Å². The Morgan fingerprint density at radius 2 is 1.80 bits per heavy atom. The number of hydrogen-bond acceptors (Lipinski definition) is 3. The number of allylic oxidation sites excluding steroid dienone is 5. The smallest absolute Gasteiger partial charge is 0.111 e. The maximum Gasteiger partial charge on any atom is 0.111 e. The van der Waals surface area contributed by atoms with Crippen molar-refractivity contribution in [2.45, 2.75) is 0 Å². The minimum absolute atomic E-state index is 0.831. The van der Waals surface area contributed by atoms with Crippen LogP contribution in [0.5, 0.6) is 0 Å². The molecular formula is C12H18N2O. The van der Waals surface area contributed by atoms with Gasteiger partial charge in [-0.2, -0.15) is 0 Å². The molecule has 1 saturated heterocycles. The van der Waals surface area contributed by atoms with E-state index >= 15 is 0 Å². The van der Waals surface area contributed by atoms with Gasteiger partial charge in [-0.1, -0.05) is 24.3 Å². The van der Waals surface area contributed by atoms with E-state index < -0.39 is 0 Å². The number of hydrogen-bond donors (Lipinski definition) is 0. The molecule has 15 heavy (non-hydrogen) atoms. The highest BCUT2D eigenvalue weighted by atomic mass is 16.5. The first-order chi connectivity index (χ1) is 7.29. The molecule has 0 aromatic rings. The molecule has 0 aromatic heterocycles. The topological polar surface area (TPSA) is 15.7 Å². The second-order valence-electron chi connectivity index (χ2n) is 3.99. The molecule has 2 rings (SSSR count). The summed E-state index contributed by atoms with van der Waals surface area (Å²) in [6, 6.07) is 0. The maximum atomic E-state index is 5.37. The van der Waals surface area contributed by atoms with Crippen LogP contribution in [-0.2, 0) is 4.74 Å². The minimum Gasteiger partial charge on any atom is -0.378 e. The zero-order valence-electron chi connectivity index (χ0n) is 9.44. The lowest BCUT2D eigenvalue weighted by Gasteiger charge is -2.35. The van der Waals surface area contributed by atoms with E-state index in [4.69, 9.17) is 4.74 Å². The lowest BCUT2D eigenvalue weighted by Crippen LogP contribution is -2.40. The van der Waals surface area contributed by atoms with E-state index in [9.17, 15) is 0 Å². The molecule has 1 fully saturated rings. The third-order valence-corrected chi connectivity index (χ3v) is 2.66. The highest BCUT2D eigenvalue weighted by molar-refractivity contribution is 5.42. The van der Waals surface area contributed by atoms with Crippen molar-refractivity contribution in [2.24, 2.45) is 0 Å². The minimum atomic E-state index is 0.831. The number of rotatable bonds is 2. The molecule has 3 nitrogen and oxygen atoms in total. The van der Waals surface area contributed by atoms with Gasteiger partial charge in [0.2, 0.25) is 0 Å². The standard InChI is InChI=1S/C12H18N2O/c1-13(2)12(11-5-3-4-6-11)14-7-9-15-10-8-14/h3-6H,7-10H2,1-2H3. The van der Waals surface area contributed by atoms with E-state index in [1.165, 1.54) is 11.4 Å². The molecule has 0 bridgehead atoms. The fourth-order valence-electron chi connectivity index (χ4n) is 2.02. The number of morpholine rings is 1. The number of nitrogens with zero attached hydrogens (tertiary/aromatic N) is 2. The SMILES string of the molecule is CN(C)C(=C1C=CC=C1)N1CCOCC1. The van der Waals surface area contributed by atoms with Gasteiger partial charge < -0.3 is 14.5 Å². The summed E-state index contributed by atoms with van der Waals surface area (Å²) in [7, 11) is 4.19. The zero-order valence-corrected chi connectivity index (χ0v) is 9.44. The van der Waals surface area contributed by atoms with Crippen molar-refractivity contribution in [3.63, 3.8) is 0 Å². The van der Waals surface area contributed by atoms with Gasteiger partial charge in [-0.15, -0.1) is 0 Å². The van der Waals surface area contributed by atoms with Crippen LogP contribution < -0.4 is 0 Å². The quantitative estimate of drug-likeness (QED) is 0.675. The fourth-order valence-corrected chi connectivity index (χ4v) is 2.02. The van der Waals surface area contributed by atoms with E-state index in [1.807, 2.05) is 0 Å². The molecular weight excluding hydrogens is 188 g/mol. The molecule has 1 aliphatic carbocycles. The molecule has 2 aliphatic rings. The maximum absolute atomic E-state index is 5.37. The normalized spacial score (nSPS) is 19.9. The van der Waals surface area contributed by atoms with Crippen molar-refractivity contribution in [1.29, 1.82) is 0 Å². The molecule has 3 heteroatoms. The first kappa shape index (κ1) is 10.3. The van der Waals surface area contributed by atoms with Crippen LogP contribution in [0.25, 0.3) is 0 Å². The second kappa shape index (κ2) is 4.53. The summed E-state index contributed by atoms with van der Waals surface area (Å²) >= 11 is 0. The van der Waals surface area contributed by atoms with Crippen molar-refractivity contribution in [3.8, 4) is 0 Å². The highest BCUT2D eigenvalue weighted by Gasteiger charge is 2.17. The van der Waals surface area contributed by atoms with Gasteiger partial charge in [0, 0.05) is 32.8 Å². The molecule has 1 aliphatic heterocycles. The molecule has 0 amide bonds. The largest absolute Gasteiger partial charge is 0.378 e. The average Bonchev–Trinajstić information content (AvgIpc) is 2.72. The summed E-state index contributed by atoms with van der Waals surface area (Å²) in [5.74, 6) is 1.29. The Labute approximate surface area is 91.3 Å². The van der Waals surface area contributed by atoms with Gasteiger partial charge in [-0.05, 0) is 0 Å². The molecule has 1 heterocycles. The Bertz CT molecular complexity index is 296. The molecule has 0 aromatic carbocycles. The predicted octanol–water partition coefficient (Wildman–Crippen LogP) is 1.22. The van der Waals surface area contributed by atoms with Gasteiger partial charge in [0.1, 0.15) is 5.82 Å². The van der Waals surface area contributed by atoms with Crippen molar-refractivity contribution >= 4 is 0 Å². The van der Waals surface area contributed by atoms with Crippen LogP contribution in [0.1, 0.15) is 0 Å². The van der Waals surface area contributed by atoms with E-state index in [2.05, 4.69) is 48.2 Å². The summed E-state index contributed by atoms with van der Waals surface area (Å²) in [6.07, 6.45) is 8.48. The predicted molar refractivity (Wildman–Crippen MR) is 61.4 cm³/mol. The van der Waals surface area contributed by atoms with Crippen molar-refractivity contribution in [3.05, 3.63) is 35.7 Å². The molecule has 0 unspecified atom stereocenters. The fraction of sp³-hybridized carbons (Fsp3) is 0.500. The van der Waals surface area contributed by atoms with Crippen LogP contribution in [0.4, 0.5) is 0 Å². The lowest BCUT2D eigenvalue weighted by molar-refractivity contribution is 0.0419. The molecule has 82 valence electrons. The molecule has 0 spiro atoms. The lowest BCUT2D eigenvalue weighted by atomic mass is 10.2. The van der Waals surface area contributed by atoms with Crippen molar-refractivity contribution in [2.75, 3.05) is 40.4 Å². The van der Waals surface area contributed by atoms with Gasteiger partial charge in [0.25, 0.3) is 0 Å². The molecule has 0 radical (unpaired) electrons. The Kier molecular flexibility index (Phi) is 3.11. The van der Waals surface area contributed by atoms with Gasteiger partial charge in [0.05, 0.1) is 13.2 Å². The Morgan fingerprint density at radius 1 is 1.20 bits per heavy atom. The Balaban J connectivity index is 2.22. The van der Waals surface area contributed by atoms with Gasteiger partial charge in [0.15, 0.2) is 0 Å².